The lowest BCUT2D eigenvalue weighted by Crippen LogP contribution is -2.53. The quantitative estimate of drug-likeness (QED) is 0.686. The zero-order valence-corrected chi connectivity index (χ0v) is 11.5. The molecule has 3 nitrogen and oxygen atoms in total. The number of aliphatic hydroxyl groups excluding tert-OH is 2. The second kappa shape index (κ2) is 7.04. The molecule has 1 aromatic rings. The van der Waals surface area contributed by atoms with Crippen molar-refractivity contribution >= 4 is 0 Å². The van der Waals surface area contributed by atoms with E-state index >= 15 is 0 Å². The molecule has 1 aliphatic carbocycles. The van der Waals surface area contributed by atoms with E-state index in [-0.39, 0.29) is 18.6 Å². The van der Waals surface area contributed by atoms with Crippen LogP contribution < -0.4 is 5.32 Å². The van der Waals surface area contributed by atoms with Gasteiger partial charge in [-0.15, -0.1) is 0 Å². The van der Waals surface area contributed by atoms with Crippen LogP contribution in [0.3, 0.4) is 0 Å². The van der Waals surface area contributed by atoms with Gasteiger partial charge in [0.15, 0.2) is 0 Å². The molecule has 0 radical (unpaired) electrons. The summed E-state index contributed by atoms with van der Waals surface area (Å²) in [7, 11) is 0. The van der Waals surface area contributed by atoms with Crippen LogP contribution in [0, 0.1) is 0 Å². The Morgan fingerprint density at radius 1 is 1.16 bits per heavy atom. The lowest BCUT2D eigenvalue weighted by Gasteiger charge is -2.44. The molecule has 0 aliphatic heterocycles. The Labute approximate surface area is 115 Å². The molecule has 1 aliphatic rings. The van der Waals surface area contributed by atoms with E-state index in [4.69, 9.17) is 5.11 Å². The summed E-state index contributed by atoms with van der Waals surface area (Å²) in [6.45, 7) is 1.22. The molecule has 2 rings (SSSR count). The first-order valence-electron chi connectivity index (χ1n) is 7.34. The fraction of sp³-hybridized carbons (Fsp3) is 0.625. The summed E-state index contributed by atoms with van der Waals surface area (Å²) < 4.78 is 0. The zero-order valence-electron chi connectivity index (χ0n) is 11.5. The van der Waals surface area contributed by atoms with Crippen LogP contribution in [0.1, 0.15) is 37.7 Å². The van der Waals surface area contributed by atoms with E-state index in [0.29, 0.717) is 6.04 Å². The Balaban J connectivity index is 2.18. The van der Waals surface area contributed by atoms with Gasteiger partial charge in [0.25, 0.3) is 0 Å². The third kappa shape index (κ3) is 3.16. The minimum atomic E-state index is -0.158. The summed E-state index contributed by atoms with van der Waals surface area (Å²) in [5.41, 5.74) is 1.08. The molecule has 0 bridgehead atoms. The third-order valence-electron chi connectivity index (χ3n) is 4.39. The molecule has 106 valence electrons. The van der Waals surface area contributed by atoms with Gasteiger partial charge < -0.3 is 15.5 Å². The van der Waals surface area contributed by atoms with Gasteiger partial charge in [-0.1, -0.05) is 43.2 Å². The van der Waals surface area contributed by atoms with Crippen molar-refractivity contribution in [2.24, 2.45) is 0 Å². The molecular formula is C16H25NO2. The fourth-order valence-electron chi connectivity index (χ4n) is 3.29. The van der Waals surface area contributed by atoms with Gasteiger partial charge in [-0.3, -0.25) is 0 Å². The van der Waals surface area contributed by atoms with Gasteiger partial charge in [-0.25, -0.2) is 0 Å². The molecule has 1 saturated carbocycles. The number of nitrogens with one attached hydrogen (secondary N) is 1. The van der Waals surface area contributed by atoms with Crippen LogP contribution in [0.2, 0.25) is 0 Å². The van der Waals surface area contributed by atoms with Gasteiger partial charge in [0.2, 0.25) is 0 Å². The van der Waals surface area contributed by atoms with E-state index < -0.39 is 0 Å². The SMILES string of the molecule is OCCCNC1CCCCC1(CO)c1ccccc1. The molecule has 0 saturated heterocycles. The average Bonchev–Trinajstić information content (AvgIpc) is 2.49. The summed E-state index contributed by atoms with van der Waals surface area (Å²) in [6, 6.07) is 10.7. The summed E-state index contributed by atoms with van der Waals surface area (Å²) in [5.74, 6) is 0. The van der Waals surface area contributed by atoms with Crippen LogP contribution in [0.5, 0.6) is 0 Å². The van der Waals surface area contributed by atoms with Crippen LogP contribution in [-0.2, 0) is 5.41 Å². The summed E-state index contributed by atoms with van der Waals surface area (Å²) in [6.07, 6.45) is 5.29. The molecule has 19 heavy (non-hydrogen) atoms. The van der Waals surface area contributed by atoms with Crippen molar-refractivity contribution < 1.29 is 10.2 Å². The predicted octanol–water partition coefficient (Wildman–Crippen LogP) is 1.83. The van der Waals surface area contributed by atoms with Crippen molar-refractivity contribution in [2.45, 2.75) is 43.6 Å². The molecule has 0 spiro atoms. The van der Waals surface area contributed by atoms with E-state index in [1.165, 1.54) is 18.4 Å². The Bertz CT molecular complexity index is 368. The van der Waals surface area contributed by atoms with E-state index in [2.05, 4.69) is 17.4 Å². The van der Waals surface area contributed by atoms with Crippen LogP contribution >= 0.6 is 0 Å². The molecule has 0 heterocycles. The molecule has 1 aromatic carbocycles. The largest absolute Gasteiger partial charge is 0.396 e. The first-order valence-corrected chi connectivity index (χ1v) is 7.34. The molecule has 2 atom stereocenters. The molecular weight excluding hydrogens is 238 g/mol. The van der Waals surface area contributed by atoms with Gasteiger partial charge in [-0.05, 0) is 31.4 Å². The first kappa shape index (κ1) is 14.5. The van der Waals surface area contributed by atoms with Crippen LogP contribution in [0.15, 0.2) is 30.3 Å². The van der Waals surface area contributed by atoms with Crippen molar-refractivity contribution in [1.82, 2.24) is 5.32 Å². The topological polar surface area (TPSA) is 52.5 Å². The molecule has 0 aromatic heterocycles. The minimum Gasteiger partial charge on any atom is -0.396 e. The number of hydrogen-bond donors (Lipinski definition) is 3. The fourth-order valence-corrected chi connectivity index (χ4v) is 3.29. The predicted molar refractivity (Wildman–Crippen MR) is 77.2 cm³/mol. The van der Waals surface area contributed by atoms with Gasteiger partial charge in [0, 0.05) is 18.1 Å². The minimum absolute atomic E-state index is 0.158. The number of rotatable bonds is 6. The van der Waals surface area contributed by atoms with Crippen LogP contribution in [0.25, 0.3) is 0 Å². The number of hydrogen-bond acceptors (Lipinski definition) is 3. The Hall–Kier alpha value is -0.900. The monoisotopic (exact) mass is 263 g/mol. The van der Waals surface area contributed by atoms with Crippen molar-refractivity contribution in [3.8, 4) is 0 Å². The lowest BCUT2D eigenvalue weighted by atomic mass is 9.66. The van der Waals surface area contributed by atoms with Crippen molar-refractivity contribution in [2.75, 3.05) is 19.8 Å². The van der Waals surface area contributed by atoms with E-state index in [1.54, 1.807) is 0 Å². The van der Waals surface area contributed by atoms with Gasteiger partial charge in [0.05, 0.1) is 6.61 Å². The maximum Gasteiger partial charge on any atom is 0.0542 e. The first-order chi connectivity index (χ1) is 9.33. The maximum absolute atomic E-state index is 10.0. The van der Waals surface area contributed by atoms with Crippen LogP contribution in [-0.4, -0.2) is 36.0 Å². The standard InChI is InChI=1S/C16H25NO2/c18-12-6-11-17-15-9-4-5-10-16(15,13-19)14-7-2-1-3-8-14/h1-3,7-8,15,17-19H,4-6,9-13H2. The van der Waals surface area contributed by atoms with Crippen LogP contribution in [0.4, 0.5) is 0 Å². The second-order valence-electron chi connectivity index (χ2n) is 5.51. The number of aliphatic hydroxyl groups is 2. The van der Waals surface area contributed by atoms with Gasteiger partial charge >= 0.3 is 0 Å². The zero-order chi connectivity index (χ0) is 13.6. The summed E-state index contributed by atoms with van der Waals surface area (Å²) in [4.78, 5) is 0. The van der Waals surface area contributed by atoms with Crippen molar-refractivity contribution in [3.63, 3.8) is 0 Å². The molecule has 1 fully saturated rings. The van der Waals surface area contributed by atoms with E-state index in [9.17, 15) is 5.11 Å². The van der Waals surface area contributed by atoms with Gasteiger partial charge in [-0.2, -0.15) is 0 Å². The average molecular weight is 263 g/mol. The molecule has 0 amide bonds. The highest BCUT2D eigenvalue weighted by molar-refractivity contribution is 5.29. The highest BCUT2D eigenvalue weighted by atomic mass is 16.3. The van der Waals surface area contributed by atoms with Crippen molar-refractivity contribution in [1.29, 1.82) is 0 Å². The normalized spacial score (nSPS) is 27.4. The maximum atomic E-state index is 10.0. The van der Waals surface area contributed by atoms with Crippen molar-refractivity contribution in [3.05, 3.63) is 35.9 Å². The van der Waals surface area contributed by atoms with E-state index in [1.807, 2.05) is 18.2 Å². The smallest absolute Gasteiger partial charge is 0.0542 e. The highest BCUT2D eigenvalue weighted by Gasteiger charge is 2.41. The molecule has 3 N–H and O–H groups in total. The summed E-state index contributed by atoms with van der Waals surface area (Å²) in [5, 5.41) is 22.5. The highest BCUT2D eigenvalue weighted by Crippen LogP contribution is 2.39. The Morgan fingerprint density at radius 2 is 1.95 bits per heavy atom. The Kier molecular flexibility index (Phi) is 5.37. The number of benzene rings is 1. The van der Waals surface area contributed by atoms with Gasteiger partial charge in [0.1, 0.15) is 0 Å². The third-order valence-corrected chi connectivity index (χ3v) is 4.39. The van der Waals surface area contributed by atoms with E-state index in [0.717, 1.165) is 25.8 Å². The Morgan fingerprint density at radius 3 is 2.63 bits per heavy atom. The second-order valence-corrected chi connectivity index (χ2v) is 5.51. The molecule has 2 unspecified atom stereocenters. The summed E-state index contributed by atoms with van der Waals surface area (Å²) >= 11 is 0. The molecule has 3 heteroatoms. The lowest BCUT2D eigenvalue weighted by molar-refractivity contribution is 0.113.